The lowest BCUT2D eigenvalue weighted by Crippen LogP contribution is -2.35. The van der Waals surface area contributed by atoms with Crippen molar-refractivity contribution in [1.29, 1.82) is 0 Å². The van der Waals surface area contributed by atoms with Crippen molar-refractivity contribution in [1.82, 2.24) is 15.2 Å². The van der Waals surface area contributed by atoms with Gasteiger partial charge in [-0.3, -0.25) is 4.98 Å². The Labute approximate surface area is 154 Å². The molecule has 1 aliphatic heterocycles. The van der Waals surface area contributed by atoms with E-state index in [1.807, 2.05) is 0 Å². The third kappa shape index (κ3) is 4.63. The predicted octanol–water partition coefficient (Wildman–Crippen LogP) is 4.37. The average Bonchev–Trinajstić information content (AvgIpc) is 3.10. The lowest BCUT2D eigenvalue weighted by atomic mass is 9.98. The van der Waals surface area contributed by atoms with Crippen molar-refractivity contribution in [2.75, 3.05) is 24.6 Å². The Bertz CT molecular complexity index is 727. The topological polar surface area (TPSA) is 51.1 Å². The fourth-order valence-electron chi connectivity index (χ4n) is 2.75. The summed E-state index contributed by atoms with van der Waals surface area (Å²) in [5, 5.41) is 10.5. The van der Waals surface area contributed by atoms with Crippen LogP contribution in [0, 0.1) is 5.92 Å². The average molecular weight is 386 g/mol. The first kappa shape index (κ1) is 18.9. The molecule has 0 radical (unpaired) electrons. The number of alkyl halides is 3. The molecule has 1 fully saturated rings. The van der Waals surface area contributed by atoms with Gasteiger partial charge in [-0.15, -0.1) is 10.2 Å². The number of piperidine rings is 1. The van der Waals surface area contributed by atoms with Crippen LogP contribution in [0.4, 0.5) is 18.3 Å². The van der Waals surface area contributed by atoms with Crippen molar-refractivity contribution in [3.05, 3.63) is 29.0 Å². The molecule has 2 aromatic rings. The third-order valence-electron chi connectivity index (χ3n) is 4.32. The molecule has 3 rings (SSSR count). The number of anilines is 1. The van der Waals surface area contributed by atoms with E-state index in [4.69, 9.17) is 4.74 Å². The quantitative estimate of drug-likeness (QED) is 0.764. The number of aromatic nitrogens is 3. The molecule has 1 aliphatic rings. The van der Waals surface area contributed by atoms with Crippen LogP contribution in [0.15, 0.2) is 18.3 Å². The molecule has 0 atom stereocenters. The van der Waals surface area contributed by atoms with Crippen LogP contribution in [-0.4, -0.2) is 34.9 Å². The van der Waals surface area contributed by atoms with E-state index in [0.29, 0.717) is 18.4 Å². The molecular weight excluding hydrogens is 365 g/mol. The lowest BCUT2D eigenvalue weighted by Gasteiger charge is -2.31. The van der Waals surface area contributed by atoms with Gasteiger partial charge in [-0.05, 0) is 24.8 Å². The lowest BCUT2D eigenvalue weighted by molar-refractivity contribution is -0.141. The van der Waals surface area contributed by atoms with Crippen molar-refractivity contribution in [2.45, 2.75) is 38.8 Å². The van der Waals surface area contributed by atoms with E-state index in [2.05, 4.69) is 33.9 Å². The first-order valence-corrected chi connectivity index (χ1v) is 9.39. The number of nitrogens with zero attached hydrogens (tertiary/aromatic N) is 4. The molecule has 0 aromatic carbocycles. The zero-order valence-electron chi connectivity index (χ0n) is 14.7. The first-order valence-electron chi connectivity index (χ1n) is 8.57. The maximum atomic E-state index is 12.7. The van der Waals surface area contributed by atoms with Gasteiger partial charge in [0.1, 0.15) is 16.5 Å². The Morgan fingerprint density at radius 1 is 1.27 bits per heavy atom. The monoisotopic (exact) mass is 386 g/mol. The molecule has 0 amide bonds. The van der Waals surface area contributed by atoms with Gasteiger partial charge < -0.3 is 9.64 Å². The van der Waals surface area contributed by atoms with Gasteiger partial charge in [-0.1, -0.05) is 25.2 Å². The fourth-order valence-corrected chi connectivity index (χ4v) is 3.65. The van der Waals surface area contributed by atoms with Crippen molar-refractivity contribution in [2.24, 2.45) is 5.92 Å². The number of rotatable bonds is 5. The summed E-state index contributed by atoms with van der Waals surface area (Å²) >= 11 is 1.62. The summed E-state index contributed by atoms with van der Waals surface area (Å²) in [7, 11) is 0. The number of pyridine rings is 1. The fraction of sp³-hybridized carbons (Fsp3) is 0.588. The minimum absolute atomic E-state index is 0.209. The van der Waals surface area contributed by atoms with Crippen LogP contribution < -0.4 is 9.64 Å². The minimum atomic E-state index is -4.46. The van der Waals surface area contributed by atoms with Crippen LogP contribution in [0.5, 0.6) is 5.75 Å². The Balaban J connectivity index is 1.50. The molecule has 5 nitrogen and oxygen atoms in total. The van der Waals surface area contributed by atoms with E-state index in [1.165, 1.54) is 6.07 Å². The molecule has 0 N–H and O–H groups in total. The summed E-state index contributed by atoms with van der Waals surface area (Å²) in [6.45, 7) is 6.30. The van der Waals surface area contributed by atoms with Crippen LogP contribution in [0.2, 0.25) is 0 Å². The standard InChI is InChI=1S/C17H21F3N4OS/c1-11(2)15-22-23-16(26-15)24-7-4-12(5-8-24)10-25-13-3-6-21-14(9-13)17(18,19)20/h3,6,9,11-12H,4-5,7-8,10H2,1-2H3. The smallest absolute Gasteiger partial charge is 0.433 e. The Kier molecular flexibility index (Phi) is 5.64. The summed E-state index contributed by atoms with van der Waals surface area (Å²) < 4.78 is 43.6. The van der Waals surface area contributed by atoms with E-state index in [0.717, 1.165) is 48.3 Å². The summed E-state index contributed by atoms with van der Waals surface area (Å²) in [6.07, 6.45) is -1.51. The highest BCUT2D eigenvalue weighted by Gasteiger charge is 2.32. The predicted molar refractivity (Wildman–Crippen MR) is 93.7 cm³/mol. The normalized spacial score (nSPS) is 16.3. The Hall–Kier alpha value is -1.90. The molecular formula is C17H21F3N4OS. The van der Waals surface area contributed by atoms with E-state index in [-0.39, 0.29) is 5.75 Å². The Morgan fingerprint density at radius 2 is 2.00 bits per heavy atom. The molecule has 0 bridgehead atoms. The number of ether oxygens (including phenoxy) is 1. The molecule has 0 aliphatic carbocycles. The van der Waals surface area contributed by atoms with Crippen molar-refractivity contribution >= 4 is 16.5 Å². The van der Waals surface area contributed by atoms with E-state index in [1.54, 1.807) is 11.3 Å². The van der Waals surface area contributed by atoms with Crippen LogP contribution in [0.1, 0.15) is 43.3 Å². The van der Waals surface area contributed by atoms with Gasteiger partial charge in [0.2, 0.25) is 5.13 Å². The molecule has 0 unspecified atom stereocenters. The van der Waals surface area contributed by atoms with Crippen molar-refractivity contribution in [3.63, 3.8) is 0 Å². The van der Waals surface area contributed by atoms with E-state index >= 15 is 0 Å². The molecule has 142 valence electrons. The van der Waals surface area contributed by atoms with Gasteiger partial charge >= 0.3 is 6.18 Å². The summed E-state index contributed by atoms with van der Waals surface area (Å²) in [4.78, 5) is 5.56. The zero-order chi connectivity index (χ0) is 18.7. The van der Waals surface area contributed by atoms with Crippen LogP contribution in [0.25, 0.3) is 0 Å². The zero-order valence-corrected chi connectivity index (χ0v) is 15.5. The van der Waals surface area contributed by atoms with Crippen molar-refractivity contribution in [3.8, 4) is 5.75 Å². The van der Waals surface area contributed by atoms with Gasteiger partial charge in [0.25, 0.3) is 0 Å². The molecule has 1 saturated heterocycles. The number of hydrogen-bond donors (Lipinski definition) is 0. The van der Waals surface area contributed by atoms with E-state index < -0.39 is 11.9 Å². The van der Waals surface area contributed by atoms with Crippen LogP contribution in [-0.2, 0) is 6.18 Å². The summed E-state index contributed by atoms with van der Waals surface area (Å²) in [5.74, 6) is 0.890. The highest BCUT2D eigenvalue weighted by atomic mass is 32.1. The summed E-state index contributed by atoms with van der Waals surface area (Å²) in [5.41, 5.74) is -0.929. The number of halogens is 3. The molecule has 26 heavy (non-hydrogen) atoms. The molecule has 0 spiro atoms. The summed E-state index contributed by atoms with van der Waals surface area (Å²) in [6, 6.07) is 2.41. The van der Waals surface area contributed by atoms with Gasteiger partial charge in [-0.25, -0.2) is 0 Å². The molecule has 0 saturated carbocycles. The molecule has 9 heteroatoms. The second-order valence-corrected chi connectivity index (χ2v) is 7.68. The Morgan fingerprint density at radius 3 is 2.62 bits per heavy atom. The second kappa shape index (κ2) is 7.77. The first-order chi connectivity index (χ1) is 12.3. The van der Waals surface area contributed by atoms with Crippen LogP contribution in [0.3, 0.4) is 0 Å². The highest BCUT2D eigenvalue weighted by Crippen LogP contribution is 2.31. The van der Waals surface area contributed by atoms with Crippen molar-refractivity contribution < 1.29 is 17.9 Å². The highest BCUT2D eigenvalue weighted by molar-refractivity contribution is 7.15. The SMILES string of the molecule is CC(C)c1nnc(N2CCC(COc3ccnc(C(F)(F)F)c3)CC2)s1. The van der Waals surface area contributed by atoms with Gasteiger partial charge in [-0.2, -0.15) is 13.2 Å². The van der Waals surface area contributed by atoms with E-state index in [9.17, 15) is 13.2 Å². The van der Waals surface area contributed by atoms with Crippen LogP contribution >= 0.6 is 11.3 Å². The van der Waals surface area contributed by atoms with Gasteiger partial charge in [0.15, 0.2) is 0 Å². The largest absolute Gasteiger partial charge is 0.493 e. The molecule has 3 heterocycles. The van der Waals surface area contributed by atoms with Gasteiger partial charge in [0, 0.05) is 31.3 Å². The second-order valence-electron chi connectivity index (χ2n) is 6.69. The number of hydrogen-bond acceptors (Lipinski definition) is 6. The maximum absolute atomic E-state index is 12.7. The minimum Gasteiger partial charge on any atom is -0.493 e. The molecule has 2 aromatic heterocycles. The van der Waals surface area contributed by atoms with Gasteiger partial charge in [0.05, 0.1) is 6.61 Å². The maximum Gasteiger partial charge on any atom is 0.433 e. The third-order valence-corrected chi connectivity index (χ3v) is 5.60.